The summed E-state index contributed by atoms with van der Waals surface area (Å²) in [5.74, 6) is -1.75. The third-order valence-electron chi connectivity index (χ3n) is 2.85. The Morgan fingerprint density at radius 3 is 2.39 bits per heavy atom. The van der Waals surface area contributed by atoms with Gasteiger partial charge in [-0.05, 0) is 30.6 Å². The average Bonchev–Trinajstić information content (AvgIpc) is 2.42. The fourth-order valence-corrected chi connectivity index (χ4v) is 2.26. The van der Waals surface area contributed by atoms with Crippen molar-refractivity contribution in [1.29, 1.82) is 0 Å². The van der Waals surface area contributed by atoms with Crippen LogP contribution >= 0.6 is 24.2 Å². The number of thioether (sulfide) groups is 1. The van der Waals surface area contributed by atoms with Crippen molar-refractivity contribution >= 4 is 41.7 Å². The predicted molar refractivity (Wildman–Crippen MR) is 90.8 cm³/mol. The van der Waals surface area contributed by atoms with E-state index in [4.69, 9.17) is 5.73 Å². The molecule has 130 valence electrons. The van der Waals surface area contributed by atoms with Gasteiger partial charge >= 0.3 is 0 Å². The first-order chi connectivity index (χ1) is 10.3. The van der Waals surface area contributed by atoms with Crippen LogP contribution in [0.2, 0.25) is 0 Å². The molecule has 1 aromatic rings. The number of hydrogen-bond acceptors (Lipinski definition) is 4. The van der Waals surface area contributed by atoms with Crippen molar-refractivity contribution in [3.05, 3.63) is 29.8 Å². The molecule has 0 aliphatic rings. The molecule has 0 spiro atoms. The molecule has 1 aromatic carbocycles. The average molecular weight is 368 g/mol. The molecule has 1 rings (SSSR count). The topological polar surface area (TPSA) is 75.4 Å². The lowest BCUT2D eigenvalue weighted by Crippen LogP contribution is -2.45. The maximum Gasteiger partial charge on any atom is 0.243 e. The first kappa shape index (κ1) is 21.6. The van der Waals surface area contributed by atoms with Gasteiger partial charge in [0, 0.05) is 18.8 Å². The van der Waals surface area contributed by atoms with E-state index in [0.29, 0.717) is 12.5 Å². The van der Waals surface area contributed by atoms with E-state index in [0.717, 1.165) is 17.9 Å². The summed E-state index contributed by atoms with van der Waals surface area (Å²) in [6.07, 6.45) is 2.42. The molecule has 0 aromatic heterocycles. The van der Waals surface area contributed by atoms with Gasteiger partial charge in [-0.15, -0.1) is 12.4 Å². The number of anilines is 1. The highest BCUT2D eigenvalue weighted by molar-refractivity contribution is 7.98. The van der Waals surface area contributed by atoms with E-state index in [9.17, 15) is 18.4 Å². The van der Waals surface area contributed by atoms with Crippen LogP contribution in [-0.4, -0.2) is 48.4 Å². The quantitative estimate of drug-likeness (QED) is 0.771. The molecule has 0 aliphatic heterocycles. The minimum absolute atomic E-state index is 0. The van der Waals surface area contributed by atoms with Gasteiger partial charge in [-0.2, -0.15) is 11.8 Å². The number of amides is 2. The molecule has 0 unspecified atom stereocenters. The van der Waals surface area contributed by atoms with E-state index in [1.807, 2.05) is 6.26 Å². The lowest BCUT2D eigenvalue weighted by Gasteiger charge is -2.20. The van der Waals surface area contributed by atoms with Gasteiger partial charge in [-0.1, -0.05) is 0 Å². The number of hydrogen-bond donors (Lipinski definition) is 2. The van der Waals surface area contributed by atoms with Crippen molar-refractivity contribution in [3.63, 3.8) is 0 Å². The van der Waals surface area contributed by atoms with Gasteiger partial charge in [0.25, 0.3) is 0 Å². The zero-order valence-electron chi connectivity index (χ0n) is 12.8. The largest absolute Gasteiger partial charge is 0.335 e. The SMILES string of the molecule is CSCC[C@H](N)C(=O)N(C)CC(=O)Nc1cc(F)cc(F)c1.Cl. The van der Waals surface area contributed by atoms with Crippen LogP contribution in [0, 0.1) is 11.6 Å². The van der Waals surface area contributed by atoms with E-state index in [-0.39, 0.29) is 30.5 Å². The Labute approximate surface area is 144 Å². The second kappa shape index (κ2) is 10.4. The minimum Gasteiger partial charge on any atom is -0.335 e. The summed E-state index contributed by atoms with van der Waals surface area (Å²) >= 11 is 1.58. The number of benzene rings is 1. The highest BCUT2D eigenvalue weighted by Crippen LogP contribution is 2.12. The van der Waals surface area contributed by atoms with E-state index in [1.165, 1.54) is 11.9 Å². The molecule has 0 heterocycles. The Morgan fingerprint density at radius 2 is 1.87 bits per heavy atom. The van der Waals surface area contributed by atoms with E-state index >= 15 is 0 Å². The number of nitrogens with two attached hydrogens (primary N) is 1. The summed E-state index contributed by atoms with van der Waals surface area (Å²) in [6.45, 7) is -0.246. The van der Waals surface area contributed by atoms with Crippen molar-refractivity contribution in [2.24, 2.45) is 5.73 Å². The Balaban J connectivity index is 0.00000484. The van der Waals surface area contributed by atoms with Gasteiger partial charge in [-0.25, -0.2) is 8.78 Å². The van der Waals surface area contributed by atoms with Gasteiger partial charge in [-0.3, -0.25) is 9.59 Å². The molecule has 0 saturated carbocycles. The summed E-state index contributed by atoms with van der Waals surface area (Å²) in [4.78, 5) is 24.9. The van der Waals surface area contributed by atoms with Crippen molar-refractivity contribution in [2.45, 2.75) is 12.5 Å². The fourth-order valence-electron chi connectivity index (χ4n) is 1.77. The van der Waals surface area contributed by atoms with Crippen molar-refractivity contribution in [2.75, 3.05) is 30.9 Å². The van der Waals surface area contributed by atoms with Crippen LogP contribution in [0.3, 0.4) is 0 Å². The highest BCUT2D eigenvalue weighted by atomic mass is 35.5. The molecule has 0 aliphatic carbocycles. The van der Waals surface area contributed by atoms with Crippen LogP contribution in [0.25, 0.3) is 0 Å². The summed E-state index contributed by atoms with van der Waals surface area (Å²) < 4.78 is 26.0. The molecule has 9 heteroatoms. The summed E-state index contributed by atoms with van der Waals surface area (Å²) in [7, 11) is 1.45. The van der Waals surface area contributed by atoms with Crippen LogP contribution in [0.4, 0.5) is 14.5 Å². The molecule has 0 radical (unpaired) electrons. The Morgan fingerprint density at radius 1 is 1.30 bits per heavy atom. The Bertz CT molecular complexity index is 529. The molecule has 0 saturated heterocycles. The van der Waals surface area contributed by atoms with Crippen LogP contribution in [0.5, 0.6) is 0 Å². The van der Waals surface area contributed by atoms with Crippen LogP contribution in [0.15, 0.2) is 18.2 Å². The third-order valence-corrected chi connectivity index (χ3v) is 3.50. The van der Waals surface area contributed by atoms with E-state index in [2.05, 4.69) is 5.32 Å². The van der Waals surface area contributed by atoms with Gasteiger partial charge in [0.05, 0.1) is 12.6 Å². The van der Waals surface area contributed by atoms with E-state index < -0.39 is 23.6 Å². The number of carbonyl (C=O) groups is 2. The van der Waals surface area contributed by atoms with Gasteiger partial charge in [0.2, 0.25) is 11.8 Å². The molecule has 2 amide bonds. The van der Waals surface area contributed by atoms with Gasteiger partial charge in [0.1, 0.15) is 11.6 Å². The van der Waals surface area contributed by atoms with Gasteiger partial charge in [0.15, 0.2) is 0 Å². The molecule has 1 atom stereocenters. The molecule has 3 N–H and O–H groups in total. The molecule has 0 fully saturated rings. The maximum atomic E-state index is 13.0. The summed E-state index contributed by atoms with van der Waals surface area (Å²) in [6, 6.07) is 2.02. The number of halogens is 3. The first-order valence-electron chi connectivity index (χ1n) is 6.59. The molecular weight excluding hydrogens is 348 g/mol. The van der Waals surface area contributed by atoms with Crippen LogP contribution in [0.1, 0.15) is 6.42 Å². The number of carbonyl (C=O) groups excluding carboxylic acids is 2. The summed E-state index contributed by atoms with van der Waals surface area (Å²) in [5.41, 5.74) is 5.73. The van der Waals surface area contributed by atoms with Crippen molar-refractivity contribution in [1.82, 2.24) is 4.90 Å². The number of nitrogens with one attached hydrogen (secondary N) is 1. The predicted octanol–water partition coefficient (Wildman–Crippen LogP) is 1.86. The fraction of sp³-hybridized carbons (Fsp3) is 0.429. The lowest BCUT2D eigenvalue weighted by molar-refractivity contribution is -0.134. The van der Waals surface area contributed by atoms with Crippen molar-refractivity contribution < 1.29 is 18.4 Å². The normalized spacial score (nSPS) is 11.3. The van der Waals surface area contributed by atoms with Crippen LogP contribution < -0.4 is 11.1 Å². The minimum atomic E-state index is -0.793. The van der Waals surface area contributed by atoms with Gasteiger partial charge < -0.3 is 16.0 Å². The second-order valence-corrected chi connectivity index (χ2v) is 5.77. The van der Waals surface area contributed by atoms with E-state index in [1.54, 1.807) is 11.8 Å². The summed E-state index contributed by atoms with van der Waals surface area (Å²) in [5, 5.41) is 2.33. The molecule has 5 nitrogen and oxygen atoms in total. The lowest BCUT2D eigenvalue weighted by atomic mass is 10.2. The molecule has 0 bridgehead atoms. The van der Waals surface area contributed by atoms with Crippen LogP contribution in [-0.2, 0) is 9.59 Å². The Kier molecular flexibility index (Phi) is 9.78. The molecular formula is C14H20ClF2N3O2S. The monoisotopic (exact) mass is 367 g/mol. The standard InChI is InChI=1S/C14H19F2N3O2S.ClH/c1-19(14(21)12(17)3-4-22-2)8-13(20)18-11-6-9(15)5-10(16)7-11;/h5-7,12H,3-4,8,17H2,1-2H3,(H,18,20);1H/t12-;/m0./s1. The highest BCUT2D eigenvalue weighted by Gasteiger charge is 2.19. The number of nitrogens with zero attached hydrogens (tertiary/aromatic N) is 1. The smallest absolute Gasteiger partial charge is 0.243 e. The second-order valence-electron chi connectivity index (χ2n) is 4.79. The third kappa shape index (κ3) is 7.62. The zero-order valence-corrected chi connectivity index (χ0v) is 14.5. The number of rotatable bonds is 7. The van der Waals surface area contributed by atoms with Crippen molar-refractivity contribution in [3.8, 4) is 0 Å². The number of likely N-dealkylation sites (N-methyl/N-ethyl adjacent to an activating group) is 1. The molecule has 23 heavy (non-hydrogen) atoms. The first-order valence-corrected chi connectivity index (χ1v) is 7.98. The maximum absolute atomic E-state index is 13.0. The zero-order chi connectivity index (χ0) is 16.7. The Hall–Kier alpha value is -1.38.